The van der Waals surface area contributed by atoms with Crippen LogP contribution in [0.25, 0.3) is 11.1 Å². The van der Waals surface area contributed by atoms with Crippen molar-refractivity contribution >= 4 is 11.9 Å². The molecule has 0 unspecified atom stereocenters. The summed E-state index contributed by atoms with van der Waals surface area (Å²) in [6.07, 6.45) is 4.11. The average molecular weight is 440 g/mol. The van der Waals surface area contributed by atoms with Crippen LogP contribution < -0.4 is 4.74 Å². The highest BCUT2D eigenvalue weighted by Gasteiger charge is 2.57. The van der Waals surface area contributed by atoms with Crippen LogP contribution in [0.5, 0.6) is 5.88 Å². The van der Waals surface area contributed by atoms with Gasteiger partial charge in [0.15, 0.2) is 5.60 Å². The maximum absolute atomic E-state index is 13.7. The maximum Gasteiger partial charge on any atom is 0.339 e. The topological polar surface area (TPSA) is 68.7 Å². The molecule has 6 nitrogen and oxygen atoms in total. The van der Waals surface area contributed by atoms with Crippen LogP contribution in [0.3, 0.4) is 0 Å². The Hall–Kier alpha value is -3.67. The van der Waals surface area contributed by atoms with Gasteiger partial charge in [-0.3, -0.25) is 4.79 Å². The molecule has 1 spiro atoms. The highest BCUT2D eigenvalue weighted by atomic mass is 16.6. The monoisotopic (exact) mass is 440 g/mol. The van der Waals surface area contributed by atoms with Gasteiger partial charge in [0.2, 0.25) is 11.8 Å². The van der Waals surface area contributed by atoms with Crippen molar-refractivity contribution in [2.45, 2.75) is 30.3 Å². The summed E-state index contributed by atoms with van der Waals surface area (Å²) in [6, 6.07) is 19.6. The number of aromatic nitrogens is 1. The molecule has 166 valence electrons. The van der Waals surface area contributed by atoms with E-state index in [4.69, 9.17) is 9.47 Å². The van der Waals surface area contributed by atoms with Crippen molar-refractivity contribution in [2.24, 2.45) is 0 Å². The first-order chi connectivity index (χ1) is 16.0. The molecule has 1 saturated heterocycles. The standard InChI is InChI=1S/C27H24N2O4/c1-32-23-11-8-19(16-28-23)18-6-9-20(10-7-18)26(12-13-26)25(31)29-15-14-27(17-29)22-5-3-2-4-21(22)24(30)33-27/h2-11,16H,12-15,17H2,1H3/t27-/m0/s1. The van der Waals surface area contributed by atoms with Crippen molar-refractivity contribution in [3.05, 3.63) is 83.6 Å². The fourth-order valence-corrected chi connectivity index (χ4v) is 5.31. The van der Waals surface area contributed by atoms with Crippen LogP contribution in [0, 0.1) is 0 Å². The lowest BCUT2D eigenvalue weighted by molar-refractivity contribution is -0.134. The molecule has 6 rings (SSSR count). The van der Waals surface area contributed by atoms with Gasteiger partial charge in [-0.1, -0.05) is 42.5 Å². The van der Waals surface area contributed by atoms with E-state index in [2.05, 4.69) is 17.1 Å². The number of fused-ring (bicyclic) bond motifs is 2. The lowest BCUT2D eigenvalue weighted by Crippen LogP contribution is -2.40. The Kier molecular flexibility index (Phi) is 4.34. The number of hydrogen-bond donors (Lipinski definition) is 0. The zero-order chi connectivity index (χ0) is 22.6. The van der Waals surface area contributed by atoms with Crippen LogP contribution in [0.2, 0.25) is 0 Å². The summed E-state index contributed by atoms with van der Waals surface area (Å²) in [7, 11) is 1.60. The van der Waals surface area contributed by atoms with Crippen LogP contribution in [0.15, 0.2) is 66.9 Å². The first kappa shape index (κ1) is 20.0. The van der Waals surface area contributed by atoms with Gasteiger partial charge in [-0.15, -0.1) is 0 Å². The number of carbonyl (C=O) groups is 2. The van der Waals surface area contributed by atoms with Gasteiger partial charge < -0.3 is 14.4 Å². The second-order valence-electron chi connectivity index (χ2n) is 9.15. The molecule has 3 aromatic rings. The smallest absolute Gasteiger partial charge is 0.339 e. The zero-order valence-electron chi connectivity index (χ0n) is 18.4. The number of ether oxygens (including phenoxy) is 2. The van der Waals surface area contributed by atoms with E-state index < -0.39 is 11.0 Å². The summed E-state index contributed by atoms with van der Waals surface area (Å²) in [5.74, 6) is 0.431. The third-order valence-electron chi connectivity index (χ3n) is 7.32. The van der Waals surface area contributed by atoms with Gasteiger partial charge in [0.05, 0.1) is 24.6 Å². The van der Waals surface area contributed by atoms with Crippen LogP contribution in [0.1, 0.15) is 40.7 Å². The number of pyridine rings is 1. The zero-order valence-corrected chi connectivity index (χ0v) is 18.4. The SMILES string of the molecule is COc1ccc(-c2ccc(C3(C(=O)N4CC[C@@]5(C4)OC(=O)c4ccccc45)CC3)cc2)cn1. The Morgan fingerprint density at radius 2 is 1.76 bits per heavy atom. The molecule has 0 bridgehead atoms. The number of rotatable bonds is 4. The Morgan fingerprint density at radius 1 is 1.00 bits per heavy atom. The molecule has 2 aromatic carbocycles. The number of amides is 1. The van der Waals surface area contributed by atoms with E-state index in [0.29, 0.717) is 31.0 Å². The second-order valence-corrected chi connectivity index (χ2v) is 9.15. The summed E-state index contributed by atoms with van der Waals surface area (Å²) in [5.41, 5.74) is 3.45. The fraction of sp³-hybridized carbons (Fsp3) is 0.296. The summed E-state index contributed by atoms with van der Waals surface area (Å²) in [4.78, 5) is 32.2. The number of carbonyl (C=O) groups excluding carboxylic acids is 2. The lowest BCUT2D eigenvalue weighted by Gasteiger charge is -2.27. The number of likely N-dealkylation sites (tertiary alicyclic amines) is 1. The highest BCUT2D eigenvalue weighted by molar-refractivity contribution is 5.96. The van der Waals surface area contributed by atoms with Crippen molar-refractivity contribution in [2.75, 3.05) is 20.2 Å². The van der Waals surface area contributed by atoms with Crippen molar-refractivity contribution < 1.29 is 19.1 Å². The van der Waals surface area contributed by atoms with E-state index in [1.54, 1.807) is 19.4 Å². The predicted molar refractivity (Wildman–Crippen MR) is 122 cm³/mol. The van der Waals surface area contributed by atoms with Gasteiger partial charge >= 0.3 is 5.97 Å². The fourth-order valence-electron chi connectivity index (χ4n) is 5.31. The normalized spacial score (nSPS) is 22.2. The number of methoxy groups -OCH3 is 1. The first-order valence-corrected chi connectivity index (χ1v) is 11.3. The van der Waals surface area contributed by atoms with E-state index in [1.807, 2.05) is 47.4 Å². The summed E-state index contributed by atoms with van der Waals surface area (Å²) in [6.45, 7) is 1.02. The van der Waals surface area contributed by atoms with Gasteiger partial charge in [0.25, 0.3) is 0 Å². The van der Waals surface area contributed by atoms with Crippen LogP contribution >= 0.6 is 0 Å². The molecular weight excluding hydrogens is 416 g/mol. The number of benzene rings is 2. The molecule has 2 aliphatic heterocycles. The molecule has 1 atom stereocenters. The third kappa shape index (κ3) is 3.04. The molecular formula is C27H24N2O4. The molecule has 1 amide bonds. The minimum absolute atomic E-state index is 0.138. The molecule has 1 aromatic heterocycles. The Labute approximate surface area is 192 Å². The van der Waals surface area contributed by atoms with Crippen molar-refractivity contribution in [3.63, 3.8) is 0 Å². The summed E-state index contributed by atoms with van der Waals surface area (Å²) < 4.78 is 11.0. The molecule has 6 heteroatoms. The van der Waals surface area contributed by atoms with Gasteiger partial charge in [-0.25, -0.2) is 9.78 Å². The van der Waals surface area contributed by atoms with E-state index in [9.17, 15) is 9.59 Å². The van der Waals surface area contributed by atoms with Crippen molar-refractivity contribution in [1.29, 1.82) is 0 Å². The van der Waals surface area contributed by atoms with Crippen LogP contribution in [-0.4, -0.2) is 42.0 Å². The third-order valence-corrected chi connectivity index (χ3v) is 7.32. The molecule has 1 aliphatic carbocycles. The molecule has 2 fully saturated rings. The van der Waals surface area contributed by atoms with Gasteiger partial charge in [0, 0.05) is 36.4 Å². The van der Waals surface area contributed by atoms with E-state index in [0.717, 1.165) is 35.1 Å². The van der Waals surface area contributed by atoms with Crippen molar-refractivity contribution in [3.8, 4) is 17.0 Å². The second kappa shape index (κ2) is 7.17. The number of nitrogens with zero attached hydrogens (tertiary/aromatic N) is 2. The minimum atomic E-state index is -0.704. The Bertz CT molecular complexity index is 1250. The van der Waals surface area contributed by atoms with E-state index >= 15 is 0 Å². The quantitative estimate of drug-likeness (QED) is 0.572. The number of esters is 1. The molecule has 33 heavy (non-hydrogen) atoms. The Morgan fingerprint density at radius 3 is 2.45 bits per heavy atom. The Balaban J connectivity index is 1.22. The lowest BCUT2D eigenvalue weighted by atomic mass is 9.91. The van der Waals surface area contributed by atoms with E-state index in [1.165, 1.54) is 0 Å². The maximum atomic E-state index is 13.7. The summed E-state index contributed by atoms with van der Waals surface area (Å²) in [5, 5.41) is 0. The van der Waals surface area contributed by atoms with Gasteiger partial charge in [-0.05, 0) is 36.1 Å². The molecule has 3 heterocycles. The molecule has 0 radical (unpaired) electrons. The number of hydrogen-bond acceptors (Lipinski definition) is 5. The highest BCUT2D eigenvalue weighted by Crippen LogP contribution is 2.52. The molecule has 3 aliphatic rings. The van der Waals surface area contributed by atoms with E-state index in [-0.39, 0.29) is 11.9 Å². The van der Waals surface area contributed by atoms with Crippen molar-refractivity contribution in [1.82, 2.24) is 9.88 Å². The van der Waals surface area contributed by atoms with Crippen LogP contribution in [-0.2, 0) is 20.5 Å². The first-order valence-electron chi connectivity index (χ1n) is 11.3. The van der Waals surface area contributed by atoms with Gasteiger partial charge in [0.1, 0.15) is 0 Å². The predicted octanol–water partition coefficient (Wildman–Crippen LogP) is 4.09. The minimum Gasteiger partial charge on any atom is -0.481 e. The van der Waals surface area contributed by atoms with Crippen LogP contribution in [0.4, 0.5) is 0 Å². The molecule has 1 saturated carbocycles. The molecule has 0 N–H and O–H groups in total. The summed E-state index contributed by atoms with van der Waals surface area (Å²) >= 11 is 0. The van der Waals surface area contributed by atoms with Gasteiger partial charge in [-0.2, -0.15) is 0 Å². The largest absolute Gasteiger partial charge is 0.481 e. The average Bonchev–Trinajstić information content (AvgIpc) is 3.50.